The number of fused-ring (bicyclic) bond motifs is 1. The van der Waals surface area contributed by atoms with Crippen molar-refractivity contribution in [3.63, 3.8) is 0 Å². The number of carbonyl (C=O) groups excluding carboxylic acids is 2. The van der Waals surface area contributed by atoms with Gasteiger partial charge in [0, 0.05) is 53.6 Å². The zero-order valence-corrected chi connectivity index (χ0v) is 26.5. The average Bonchev–Trinajstić information content (AvgIpc) is 3.10. The summed E-state index contributed by atoms with van der Waals surface area (Å²) in [5, 5.41) is 9.04. The van der Waals surface area contributed by atoms with Crippen LogP contribution in [0.2, 0.25) is 0 Å². The zero-order valence-electron chi connectivity index (χ0n) is 25.7. The Bertz CT molecular complexity index is 1270. The highest BCUT2D eigenvalue weighted by Gasteiger charge is 2.26. The predicted molar refractivity (Wildman–Crippen MR) is 162 cm³/mol. The summed E-state index contributed by atoms with van der Waals surface area (Å²) in [7, 11) is 1.12. The maximum absolute atomic E-state index is 12.6. The Morgan fingerprint density at radius 2 is 1.63 bits per heavy atom. The topological polar surface area (TPSA) is 107 Å². The van der Waals surface area contributed by atoms with Gasteiger partial charge in [-0.2, -0.15) is 4.31 Å². The van der Waals surface area contributed by atoms with Crippen molar-refractivity contribution in [1.29, 1.82) is 0 Å². The van der Waals surface area contributed by atoms with Gasteiger partial charge in [0.25, 0.3) is 0 Å². The molecule has 41 heavy (non-hydrogen) atoms. The number of aliphatic hydroxyl groups excluding tert-OH is 1. The molecule has 0 fully saturated rings. The van der Waals surface area contributed by atoms with Gasteiger partial charge in [0.05, 0.1) is 25.2 Å². The van der Waals surface area contributed by atoms with Crippen molar-refractivity contribution in [1.82, 2.24) is 14.1 Å². The van der Waals surface area contributed by atoms with Gasteiger partial charge < -0.3 is 19.6 Å². The average molecular weight is 590 g/mol. The lowest BCUT2D eigenvalue weighted by Gasteiger charge is -2.20. The summed E-state index contributed by atoms with van der Waals surface area (Å²) in [6.07, 6.45) is 3.17. The monoisotopic (exact) mass is 589 g/mol. The maximum Gasteiger partial charge on any atom is 0.243 e. The fourth-order valence-electron chi connectivity index (χ4n) is 4.96. The number of aliphatic hydroxyl groups is 1. The predicted octanol–water partition coefficient (Wildman–Crippen LogP) is 3.36. The van der Waals surface area contributed by atoms with Gasteiger partial charge in [-0.15, -0.1) is 0 Å². The number of carbonyl (C=O) groups is 2. The van der Waals surface area contributed by atoms with Crippen molar-refractivity contribution in [2.75, 3.05) is 54.0 Å². The summed E-state index contributed by atoms with van der Waals surface area (Å²) in [6, 6.07) is 9.92. The molecule has 2 aromatic rings. The van der Waals surface area contributed by atoms with Gasteiger partial charge >= 0.3 is 0 Å². The van der Waals surface area contributed by atoms with E-state index in [1.807, 2.05) is 14.0 Å². The van der Waals surface area contributed by atoms with Crippen molar-refractivity contribution in [2.45, 2.75) is 64.8 Å². The van der Waals surface area contributed by atoms with Crippen molar-refractivity contribution >= 4 is 21.7 Å². The third-order valence-electron chi connectivity index (χ3n) is 7.30. The van der Waals surface area contributed by atoms with Gasteiger partial charge in [0.1, 0.15) is 11.5 Å². The molecular weight excluding hydrogens is 542 g/mol. The molecule has 2 aromatic carbocycles. The van der Waals surface area contributed by atoms with Crippen molar-refractivity contribution in [3.8, 4) is 5.75 Å². The van der Waals surface area contributed by atoms with Gasteiger partial charge in [-0.05, 0) is 73.1 Å². The number of methoxy groups -OCH3 is 1. The van der Waals surface area contributed by atoms with Gasteiger partial charge in [-0.1, -0.05) is 25.1 Å². The molecule has 228 valence electrons. The van der Waals surface area contributed by atoms with E-state index in [0.717, 1.165) is 36.8 Å². The van der Waals surface area contributed by atoms with Gasteiger partial charge in [-0.25, -0.2) is 8.42 Å². The Morgan fingerprint density at radius 3 is 2.17 bits per heavy atom. The molecule has 1 aliphatic rings. The Labute approximate surface area is 246 Å². The molecule has 0 saturated carbocycles. The quantitative estimate of drug-likeness (QED) is 0.428. The summed E-state index contributed by atoms with van der Waals surface area (Å²) in [4.78, 5) is 27.3. The maximum atomic E-state index is 12.6. The molecule has 1 heterocycles. The molecule has 0 spiro atoms. The Kier molecular flexibility index (Phi) is 13.4. The smallest absolute Gasteiger partial charge is 0.243 e. The van der Waals surface area contributed by atoms with E-state index in [4.69, 9.17) is 9.84 Å². The third-order valence-corrected chi connectivity index (χ3v) is 9.41. The van der Waals surface area contributed by atoms with Crippen LogP contribution in [0.15, 0.2) is 35.2 Å². The molecule has 0 atom stereocenters. The standard InChI is InChI=1S/C16H24N2O2.C15H23NO4S/c1-13(20)17(2)12-14-3-4-15-5-7-18(9-10-19)8-6-16(15)11-14;1-6-7-13(17)10-16(4)21(18,19)15-11(2)8-14(20-5)9-12(15)3/h3-4,11,19H,5-10,12H2,1-2H3;8-9H,6-7,10H2,1-5H3. The first-order chi connectivity index (χ1) is 19.3. The zero-order chi connectivity index (χ0) is 30.7. The van der Waals surface area contributed by atoms with E-state index in [9.17, 15) is 18.0 Å². The normalized spacial score (nSPS) is 13.6. The molecule has 0 bridgehead atoms. The molecule has 1 N–H and O–H groups in total. The Balaban J connectivity index is 0.000000287. The van der Waals surface area contributed by atoms with Crippen LogP contribution in [0.1, 0.15) is 54.5 Å². The first-order valence-corrected chi connectivity index (χ1v) is 15.6. The van der Waals surface area contributed by atoms with E-state index in [1.54, 1.807) is 37.8 Å². The lowest BCUT2D eigenvalue weighted by molar-refractivity contribution is -0.128. The number of Topliss-reactive ketones (excluding diaryl/α,β-unsaturated/α-hetero) is 1. The van der Waals surface area contributed by atoms with Gasteiger partial charge in [0.2, 0.25) is 15.9 Å². The summed E-state index contributed by atoms with van der Waals surface area (Å²) < 4.78 is 31.5. The minimum absolute atomic E-state index is 0.0765. The fourth-order valence-corrected chi connectivity index (χ4v) is 6.51. The van der Waals surface area contributed by atoms with Gasteiger partial charge in [0.15, 0.2) is 0 Å². The van der Waals surface area contributed by atoms with Crippen LogP contribution in [0.4, 0.5) is 0 Å². The number of ketones is 1. The highest BCUT2D eigenvalue weighted by Crippen LogP contribution is 2.27. The van der Waals surface area contributed by atoms with Crippen molar-refractivity contribution in [3.05, 3.63) is 58.1 Å². The summed E-state index contributed by atoms with van der Waals surface area (Å²) in [5.74, 6) is 0.634. The summed E-state index contributed by atoms with van der Waals surface area (Å²) in [5.41, 5.74) is 5.21. The number of hydrogen-bond donors (Lipinski definition) is 1. The second-order valence-electron chi connectivity index (χ2n) is 10.7. The van der Waals surface area contributed by atoms with Gasteiger partial charge in [-0.3, -0.25) is 9.59 Å². The SMILES string of the molecule is CC(=O)N(C)Cc1ccc2c(c1)CCN(CCO)CC2.CCCC(=O)CN(C)S(=O)(=O)c1c(C)cc(OC)cc1C. The van der Waals surface area contributed by atoms with Crippen LogP contribution in [0, 0.1) is 13.8 Å². The first-order valence-electron chi connectivity index (χ1n) is 14.1. The minimum Gasteiger partial charge on any atom is -0.497 e. The number of β-amino-alcohol motifs (C(OH)–C–C–N with tert-alkyl or cyclic N) is 1. The molecule has 0 aliphatic carbocycles. The highest BCUT2D eigenvalue weighted by molar-refractivity contribution is 7.89. The number of hydrogen-bond acceptors (Lipinski definition) is 7. The third kappa shape index (κ3) is 9.92. The molecule has 3 rings (SSSR count). The second-order valence-corrected chi connectivity index (χ2v) is 12.7. The van der Waals surface area contributed by atoms with E-state index in [1.165, 1.54) is 30.8 Å². The van der Waals surface area contributed by atoms with Crippen LogP contribution in [-0.4, -0.2) is 93.3 Å². The second kappa shape index (κ2) is 16.0. The molecule has 9 nitrogen and oxygen atoms in total. The van der Waals surface area contributed by atoms with E-state index < -0.39 is 10.0 Å². The van der Waals surface area contributed by atoms with E-state index in [0.29, 0.717) is 36.3 Å². The number of sulfonamides is 1. The van der Waals surface area contributed by atoms with Crippen LogP contribution < -0.4 is 4.74 Å². The van der Waals surface area contributed by atoms with Crippen LogP contribution in [0.25, 0.3) is 0 Å². The number of amides is 1. The molecular formula is C31H47N3O6S. The number of aryl methyl sites for hydroxylation is 2. The molecule has 1 amide bonds. The minimum atomic E-state index is -3.68. The largest absolute Gasteiger partial charge is 0.497 e. The van der Waals surface area contributed by atoms with Crippen LogP contribution in [0.3, 0.4) is 0 Å². The number of rotatable bonds is 11. The molecule has 1 aliphatic heterocycles. The Hall–Kier alpha value is -2.79. The van der Waals surface area contributed by atoms with E-state index >= 15 is 0 Å². The van der Waals surface area contributed by atoms with Crippen molar-refractivity contribution < 1.29 is 27.9 Å². The molecule has 0 unspecified atom stereocenters. The molecule has 0 saturated heterocycles. The van der Waals surface area contributed by atoms with Crippen molar-refractivity contribution in [2.24, 2.45) is 0 Å². The van der Waals surface area contributed by atoms with Crippen LogP contribution >= 0.6 is 0 Å². The fraction of sp³-hybridized carbons (Fsp3) is 0.548. The van der Waals surface area contributed by atoms with E-state index in [-0.39, 0.29) is 29.7 Å². The first kappa shape index (κ1) is 34.4. The molecule has 0 aromatic heterocycles. The molecule has 0 radical (unpaired) electrons. The summed E-state index contributed by atoms with van der Waals surface area (Å²) in [6.45, 7) is 10.5. The van der Waals surface area contributed by atoms with E-state index in [2.05, 4.69) is 23.1 Å². The molecule has 10 heteroatoms. The lowest BCUT2D eigenvalue weighted by Crippen LogP contribution is -2.33. The number of likely N-dealkylation sites (N-methyl/N-ethyl adjacent to an activating group) is 1. The number of benzene rings is 2. The Morgan fingerprint density at radius 1 is 1.02 bits per heavy atom. The summed E-state index contributed by atoms with van der Waals surface area (Å²) >= 11 is 0. The number of ether oxygens (including phenoxy) is 1. The number of nitrogens with zero attached hydrogens (tertiary/aromatic N) is 3. The van der Waals surface area contributed by atoms with Crippen LogP contribution in [-0.2, 0) is 39.0 Å². The van der Waals surface area contributed by atoms with Crippen LogP contribution in [0.5, 0.6) is 5.75 Å². The highest BCUT2D eigenvalue weighted by atomic mass is 32.2. The lowest BCUT2D eigenvalue weighted by atomic mass is 10.00.